The first-order valence-electron chi connectivity index (χ1n) is 12.3. The molecule has 4 heterocycles. The summed E-state index contributed by atoms with van der Waals surface area (Å²) < 4.78 is 10.7. The monoisotopic (exact) mass is 506 g/mol. The second-order valence-electron chi connectivity index (χ2n) is 8.64. The molecule has 2 aliphatic heterocycles. The first kappa shape index (κ1) is 24.8. The molecule has 0 saturated carbocycles. The lowest BCUT2D eigenvalue weighted by molar-refractivity contribution is 0.0838. The van der Waals surface area contributed by atoms with Crippen molar-refractivity contribution in [2.24, 2.45) is 0 Å². The zero-order chi connectivity index (χ0) is 25.6. The zero-order valence-electron chi connectivity index (χ0n) is 20.5. The van der Waals surface area contributed by atoms with Crippen molar-refractivity contribution in [1.82, 2.24) is 25.3 Å². The summed E-state index contributed by atoms with van der Waals surface area (Å²) in [5.74, 6) is 1.51. The average Bonchev–Trinajstić information content (AvgIpc) is 3.37. The number of fused-ring (bicyclic) bond motifs is 1. The van der Waals surface area contributed by atoms with Crippen molar-refractivity contribution in [3.63, 3.8) is 0 Å². The number of carbonyl (C=O) groups is 1. The molecule has 1 aromatic carbocycles. The number of aromatic nitrogens is 4. The van der Waals surface area contributed by atoms with Crippen molar-refractivity contribution in [3.05, 3.63) is 47.8 Å². The molecule has 2 aromatic heterocycles. The Labute approximate surface area is 214 Å². The fraction of sp³-hybridized carbons (Fsp3) is 0.400. The van der Waals surface area contributed by atoms with Crippen LogP contribution in [0.4, 0.5) is 23.4 Å². The van der Waals surface area contributed by atoms with Crippen molar-refractivity contribution in [2.45, 2.75) is 6.42 Å². The fourth-order valence-electron chi connectivity index (χ4n) is 4.40. The SMILES string of the molecule is Nc1ncc(-c2nc(N3CCOCC3)nc3c2CCN3c2ccc(C(=O)NCCOCCO)cc2)cn1. The molecule has 0 spiro atoms. The number of ether oxygens (including phenoxy) is 2. The number of carbonyl (C=O) groups excluding carboxylic acids is 1. The van der Waals surface area contributed by atoms with E-state index < -0.39 is 0 Å². The van der Waals surface area contributed by atoms with E-state index in [9.17, 15) is 4.79 Å². The van der Waals surface area contributed by atoms with Gasteiger partial charge in [0, 0.05) is 61.0 Å². The number of nitrogen functional groups attached to an aromatic ring is 1. The minimum Gasteiger partial charge on any atom is -0.394 e. The van der Waals surface area contributed by atoms with Gasteiger partial charge in [0.2, 0.25) is 11.9 Å². The maximum Gasteiger partial charge on any atom is 0.251 e. The Morgan fingerprint density at radius 3 is 2.57 bits per heavy atom. The van der Waals surface area contributed by atoms with Crippen LogP contribution in [0.2, 0.25) is 0 Å². The molecule has 2 aliphatic rings. The molecule has 5 rings (SSSR count). The van der Waals surface area contributed by atoms with Crippen LogP contribution in [0.1, 0.15) is 15.9 Å². The third-order valence-electron chi connectivity index (χ3n) is 6.26. The van der Waals surface area contributed by atoms with Gasteiger partial charge in [0.1, 0.15) is 5.82 Å². The van der Waals surface area contributed by atoms with Crippen LogP contribution in [0.25, 0.3) is 11.3 Å². The lowest BCUT2D eigenvalue weighted by Gasteiger charge is -2.28. The molecular weight excluding hydrogens is 476 g/mol. The number of morpholine rings is 1. The van der Waals surface area contributed by atoms with Crippen LogP contribution in [-0.4, -0.2) is 90.2 Å². The van der Waals surface area contributed by atoms with Crippen LogP contribution in [0.3, 0.4) is 0 Å². The summed E-state index contributed by atoms with van der Waals surface area (Å²) >= 11 is 0. The highest BCUT2D eigenvalue weighted by molar-refractivity contribution is 5.94. The lowest BCUT2D eigenvalue weighted by atomic mass is 10.1. The van der Waals surface area contributed by atoms with Crippen molar-refractivity contribution in [2.75, 3.05) is 74.7 Å². The molecule has 4 N–H and O–H groups in total. The minimum absolute atomic E-state index is 0.0385. The third-order valence-corrected chi connectivity index (χ3v) is 6.26. The van der Waals surface area contributed by atoms with Crippen LogP contribution >= 0.6 is 0 Å². The van der Waals surface area contributed by atoms with Crippen LogP contribution in [-0.2, 0) is 15.9 Å². The van der Waals surface area contributed by atoms with E-state index in [4.69, 9.17) is 30.3 Å². The van der Waals surface area contributed by atoms with Crippen molar-refractivity contribution in [1.29, 1.82) is 0 Å². The summed E-state index contributed by atoms with van der Waals surface area (Å²) in [6, 6.07) is 7.45. The first-order valence-corrected chi connectivity index (χ1v) is 12.3. The fourth-order valence-corrected chi connectivity index (χ4v) is 4.40. The Hall–Kier alpha value is -3.87. The normalized spacial score (nSPS) is 15.1. The van der Waals surface area contributed by atoms with Gasteiger partial charge in [0.25, 0.3) is 5.91 Å². The molecule has 0 unspecified atom stereocenters. The number of nitrogens with one attached hydrogen (secondary N) is 1. The molecule has 1 saturated heterocycles. The highest BCUT2D eigenvalue weighted by atomic mass is 16.5. The molecular formula is C25H30N8O4. The van der Waals surface area contributed by atoms with Crippen LogP contribution < -0.4 is 20.9 Å². The Kier molecular flexibility index (Phi) is 7.68. The molecule has 0 bridgehead atoms. The second kappa shape index (κ2) is 11.5. The van der Waals surface area contributed by atoms with Gasteiger partial charge in [-0.1, -0.05) is 0 Å². The van der Waals surface area contributed by atoms with Gasteiger partial charge in [0.05, 0.1) is 38.7 Å². The standard InChI is InChI=1S/C25H30N8O4/c26-24-28-15-18(16-29-24)21-20-5-7-33(22(20)31-25(30-21)32-8-12-37-13-9-32)19-3-1-17(2-4-19)23(35)27-6-11-36-14-10-34/h1-4,15-16,34H,5-14H2,(H,27,35)(H2,26,28,29). The van der Waals surface area contributed by atoms with Crippen LogP contribution in [0.5, 0.6) is 0 Å². The summed E-state index contributed by atoms with van der Waals surface area (Å²) in [5.41, 5.74) is 9.82. The maximum absolute atomic E-state index is 12.5. The Morgan fingerprint density at radius 1 is 1.08 bits per heavy atom. The van der Waals surface area contributed by atoms with Gasteiger partial charge in [-0.2, -0.15) is 4.98 Å². The molecule has 12 nitrogen and oxygen atoms in total. The number of hydrogen-bond acceptors (Lipinski definition) is 11. The molecule has 1 amide bonds. The van der Waals surface area contributed by atoms with Crippen LogP contribution in [0, 0.1) is 0 Å². The van der Waals surface area contributed by atoms with Gasteiger partial charge < -0.3 is 35.4 Å². The van der Waals surface area contributed by atoms with E-state index in [2.05, 4.69) is 25.1 Å². The lowest BCUT2D eigenvalue weighted by Crippen LogP contribution is -2.37. The topological polar surface area (TPSA) is 152 Å². The average molecular weight is 507 g/mol. The predicted molar refractivity (Wildman–Crippen MR) is 138 cm³/mol. The molecule has 0 atom stereocenters. The molecule has 12 heteroatoms. The van der Waals surface area contributed by atoms with E-state index in [0.717, 1.165) is 41.3 Å². The van der Waals surface area contributed by atoms with E-state index >= 15 is 0 Å². The summed E-state index contributed by atoms with van der Waals surface area (Å²) in [6.07, 6.45) is 4.15. The van der Waals surface area contributed by atoms with Crippen LogP contribution in [0.15, 0.2) is 36.7 Å². The van der Waals surface area contributed by atoms with Gasteiger partial charge in [-0.25, -0.2) is 15.0 Å². The van der Waals surface area contributed by atoms with Gasteiger partial charge in [-0.15, -0.1) is 0 Å². The summed E-state index contributed by atoms with van der Waals surface area (Å²) in [4.78, 5) is 35.0. The number of anilines is 4. The molecule has 3 aromatic rings. The van der Waals surface area contributed by atoms with E-state index in [1.807, 2.05) is 12.1 Å². The van der Waals surface area contributed by atoms with E-state index in [1.165, 1.54) is 0 Å². The quantitative estimate of drug-likeness (QED) is 0.353. The largest absolute Gasteiger partial charge is 0.394 e. The number of rotatable bonds is 9. The smallest absolute Gasteiger partial charge is 0.251 e. The van der Waals surface area contributed by atoms with Gasteiger partial charge in [-0.05, 0) is 30.7 Å². The first-order chi connectivity index (χ1) is 18.1. The molecule has 1 fully saturated rings. The number of benzene rings is 1. The van der Waals surface area contributed by atoms with Crippen molar-refractivity contribution < 1.29 is 19.4 Å². The number of hydrogen-bond donors (Lipinski definition) is 3. The Morgan fingerprint density at radius 2 is 1.84 bits per heavy atom. The molecule has 194 valence electrons. The number of aliphatic hydroxyl groups is 1. The maximum atomic E-state index is 12.5. The highest BCUT2D eigenvalue weighted by Gasteiger charge is 2.29. The van der Waals surface area contributed by atoms with E-state index in [0.29, 0.717) is 51.0 Å². The predicted octanol–water partition coefficient (Wildman–Crippen LogP) is 0.785. The zero-order valence-corrected chi connectivity index (χ0v) is 20.5. The van der Waals surface area contributed by atoms with E-state index in [1.54, 1.807) is 24.5 Å². The summed E-state index contributed by atoms with van der Waals surface area (Å²) in [7, 11) is 0. The minimum atomic E-state index is -0.177. The number of amides is 1. The third kappa shape index (κ3) is 5.61. The van der Waals surface area contributed by atoms with E-state index in [-0.39, 0.29) is 25.1 Å². The number of nitrogens with two attached hydrogens (primary N) is 1. The number of nitrogens with zero attached hydrogens (tertiary/aromatic N) is 6. The molecule has 0 radical (unpaired) electrons. The van der Waals surface area contributed by atoms with Gasteiger partial charge >= 0.3 is 0 Å². The Balaban J connectivity index is 1.40. The molecule has 0 aliphatic carbocycles. The number of aliphatic hydroxyl groups excluding tert-OH is 1. The molecule has 37 heavy (non-hydrogen) atoms. The van der Waals surface area contributed by atoms with Crippen molar-refractivity contribution >= 4 is 29.3 Å². The highest BCUT2D eigenvalue weighted by Crippen LogP contribution is 2.39. The second-order valence-corrected chi connectivity index (χ2v) is 8.64. The summed E-state index contributed by atoms with van der Waals surface area (Å²) in [5, 5.41) is 11.6. The van der Waals surface area contributed by atoms with Crippen molar-refractivity contribution in [3.8, 4) is 11.3 Å². The van der Waals surface area contributed by atoms with Gasteiger partial charge in [-0.3, -0.25) is 4.79 Å². The van der Waals surface area contributed by atoms with Gasteiger partial charge in [0.15, 0.2) is 0 Å². The Bertz CT molecular complexity index is 1220. The summed E-state index contributed by atoms with van der Waals surface area (Å²) in [6.45, 7) is 4.35.